The van der Waals surface area contributed by atoms with Gasteiger partial charge in [0.15, 0.2) is 5.82 Å². The summed E-state index contributed by atoms with van der Waals surface area (Å²) in [5, 5.41) is 27.4. The fraction of sp³-hybridized carbons (Fsp3) is 0.276. The lowest BCUT2D eigenvalue weighted by Crippen LogP contribution is -2.24. The minimum atomic E-state index is -0.600. The first-order chi connectivity index (χ1) is 18.4. The van der Waals surface area contributed by atoms with E-state index in [0.29, 0.717) is 41.0 Å². The molecule has 1 amide bonds. The van der Waals surface area contributed by atoms with Gasteiger partial charge in [-0.15, -0.1) is 10.2 Å². The molecule has 3 heterocycles. The molecular weight excluding hydrogens is 480 g/mol. The van der Waals surface area contributed by atoms with Crippen LogP contribution in [0.25, 0.3) is 22.5 Å². The van der Waals surface area contributed by atoms with Gasteiger partial charge in [0.25, 0.3) is 5.91 Å². The van der Waals surface area contributed by atoms with Gasteiger partial charge in [-0.05, 0) is 72.9 Å². The summed E-state index contributed by atoms with van der Waals surface area (Å²) in [5.74, 6) is 2.02. The van der Waals surface area contributed by atoms with E-state index in [9.17, 15) is 15.2 Å². The zero-order valence-corrected chi connectivity index (χ0v) is 21.1. The molecule has 0 spiro atoms. The quantitative estimate of drug-likeness (QED) is 0.399. The Balaban J connectivity index is 1.41. The number of hydrogen-bond acceptors (Lipinski definition) is 7. The molecule has 0 unspecified atom stereocenters. The van der Waals surface area contributed by atoms with Crippen molar-refractivity contribution >= 4 is 11.7 Å². The van der Waals surface area contributed by atoms with E-state index < -0.39 is 6.10 Å². The van der Waals surface area contributed by atoms with Crippen LogP contribution < -0.4 is 9.64 Å². The van der Waals surface area contributed by atoms with Gasteiger partial charge in [0.2, 0.25) is 0 Å². The Hall–Kier alpha value is -4.55. The number of benzene rings is 2. The van der Waals surface area contributed by atoms with Crippen LogP contribution in [0.5, 0.6) is 5.75 Å². The Morgan fingerprint density at radius 3 is 2.68 bits per heavy atom. The maximum atomic E-state index is 13.5. The van der Waals surface area contributed by atoms with Crippen LogP contribution in [0.15, 0.2) is 54.9 Å². The summed E-state index contributed by atoms with van der Waals surface area (Å²) >= 11 is 0. The lowest BCUT2D eigenvalue weighted by molar-refractivity contribution is 0.0995. The molecule has 1 saturated carbocycles. The number of fused-ring (bicyclic) bond motifs is 1. The molecule has 9 nitrogen and oxygen atoms in total. The maximum Gasteiger partial charge on any atom is 0.260 e. The van der Waals surface area contributed by atoms with Crippen molar-refractivity contribution in [1.29, 1.82) is 5.26 Å². The first-order valence-corrected chi connectivity index (χ1v) is 12.6. The minimum Gasteiger partial charge on any atom is -0.491 e. The third kappa shape index (κ3) is 4.40. The molecule has 38 heavy (non-hydrogen) atoms. The Morgan fingerprint density at radius 1 is 1.13 bits per heavy atom. The second-order valence-electron chi connectivity index (χ2n) is 9.92. The number of aryl methyl sites for hydroxylation is 1. The SMILES string of the molecule is C[C@@H](O)COc1ccc2c(c1)C(=O)N(c1cc(-c3ccc(C#N)cc3-c3nncn3C)cc(C3CC3)n1)C2. The highest BCUT2D eigenvalue weighted by atomic mass is 16.5. The average Bonchev–Trinajstić information content (AvgIpc) is 3.62. The molecule has 0 saturated heterocycles. The molecule has 1 atom stereocenters. The van der Waals surface area contributed by atoms with Crippen molar-refractivity contribution in [3.8, 4) is 34.3 Å². The van der Waals surface area contributed by atoms with E-state index in [2.05, 4.69) is 22.3 Å². The second kappa shape index (κ2) is 9.39. The Kier molecular flexibility index (Phi) is 5.89. The van der Waals surface area contributed by atoms with Crippen LogP contribution in [0.3, 0.4) is 0 Å². The van der Waals surface area contributed by atoms with Gasteiger partial charge >= 0.3 is 0 Å². The molecule has 9 heteroatoms. The van der Waals surface area contributed by atoms with Crippen molar-refractivity contribution < 1.29 is 14.6 Å². The fourth-order valence-electron chi connectivity index (χ4n) is 4.77. The van der Waals surface area contributed by atoms with Gasteiger partial charge < -0.3 is 14.4 Å². The minimum absolute atomic E-state index is 0.137. The standard InChI is InChI=1S/C29H26N6O3/c1-17(36)15-38-22-7-6-20-14-35(29(37)24(20)12-22)27-11-21(10-26(32-27)19-4-5-19)23-8-3-18(13-30)9-25(23)28-33-31-16-34(28)2/h3,6-12,16-17,19,36H,4-5,14-15H2,1-2H3/t17-/m1/s1. The number of pyridine rings is 1. The summed E-state index contributed by atoms with van der Waals surface area (Å²) in [4.78, 5) is 20.2. The zero-order valence-electron chi connectivity index (χ0n) is 21.1. The van der Waals surface area contributed by atoms with Crippen LogP contribution in [-0.2, 0) is 13.6 Å². The first-order valence-electron chi connectivity index (χ1n) is 12.6. The normalized spacial score (nSPS) is 15.3. The fourth-order valence-corrected chi connectivity index (χ4v) is 4.77. The predicted octanol–water partition coefficient (Wildman–Crippen LogP) is 4.21. The van der Waals surface area contributed by atoms with Crippen LogP contribution in [0.4, 0.5) is 5.82 Å². The van der Waals surface area contributed by atoms with Crippen molar-refractivity contribution in [1.82, 2.24) is 19.7 Å². The molecule has 1 N–H and O–H groups in total. The lowest BCUT2D eigenvalue weighted by Gasteiger charge is -2.18. The maximum absolute atomic E-state index is 13.5. The van der Waals surface area contributed by atoms with Gasteiger partial charge in [-0.1, -0.05) is 12.1 Å². The molecule has 1 aliphatic carbocycles. The number of carbonyl (C=O) groups is 1. The number of aromatic nitrogens is 4. The van der Waals surface area contributed by atoms with Crippen LogP contribution in [0.2, 0.25) is 0 Å². The van der Waals surface area contributed by atoms with Crippen molar-refractivity contribution in [3.05, 3.63) is 77.2 Å². The van der Waals surface area contributed by atoms with E-state index in [0.717, 1.165) is 40.8 Å². The lowest BCUT2D eigenvalue weighted by atomic mass is 9.96. The molecule has 190 valence electrons. The molecule has 1 fully saturated rings. The first kappa shape index (κ1) is 23.8. The summed E-state index contributed by atoms with van der Waals surface area (Å²) in [6.45, 7) is 2.22. The predicted molar refractivity (Wildman–Crippen MR) is 140 cm³/mol. The molecule has 0 radical (unpaired) electrons. The number of rotatable bonds is 7. The molecule has 0 bridgehead atoms. The number of ether oxygens (including phenoxy) is 1. The molecule has 2 aromatic heterocycles. The van der Waals surface area contributed by atoms with Crippen LogP contribution in [-0.4, -0.2) is 43.5 Å². The van der Waals surface area contributed by atoms with Crippen molar-refractivity contribution in [2.45, 2.75) is 38.3 Å². The van der Waals surface area contributed by atoms with Gasteiger partial charge in [0.1, 0.15) is 24.5 Å². The number of amides is 1. The number of carbonyl (C=O) groups excluding carboxylic acids is 1. The van der Waals surface area contributed by atoms with E-state index in [4.69, 9.17) is 9.72 Å². The number of hydrogen-bond donors (Lipinski definition) is 1. The number of nitrogens with zero attached hydrogens (tertiary/aromatic N) is 6. The highest BCUT2D eigenvalue weighted by molar-refractivity contribution is 6.10. The largest absolute Gasteiger partial charge is 0.491 e. The highest BCUT2D eigenvalue weighted by Crippen LogP contribution is 2.43. The number of aliphatic hydroxyl groups excluding tert-OH is 1. The van der Waals surface area contributed by atoms with Crippen molar-refractivity contribution in [2.75, 3.05) is 11.5 Å². The van der Waals surface area contributed by atoms with E-state index in [1.165, 1.54) is 0 Å². The topological polar surface area (TPSA) is 117 Å². The Bertz CT molecular complexity index is 1600. The molecule has 4 aromatic rings. The summed E-state index contributed by atoms with van der Waals surface area (Å²) in [6, 6.07) is 17.2. The molecule has 6 rings (SSSR count). The Morgan fingerprint density at radius 2 is 1.97 bits per heavy atom. The Labute approximate surface area is 220 Å². The number of anilines is 1. The molecular formula is C29H26N6O3. The molecule has 2 aromatic carbocycles. The average molecular weight is 507 g/mol. The van der Waals surface area contributed by atoms with Crippen molar-refractivity contribution in [3.63, 3.8) is 0 Å². The van der Waals surface area contributed by atoms with Gasteiger partial charge in [-0.2, -0.15) is 5.26 Å². The van der Waals surface area contributed by atoms with Gasteiger partial charge in [-0.25, -0.2) is 4.98 Å². The second-order valence-corrected chi connectivity index (χ2v) is 9.92. The summed E-state index contributed by atoms with van der Waals surface area (Å²) < 4.78 is 7.44. The smallest absolute Gasteiger partial charge is 0.260 e. The van der Waals surface area contributed by atoms with E-state index >= 15 is 0 Å². The van der Waals surface area contributed by atoms with Gasteiger partial charge in [-0.3, -0.25) is 9.69 Å². The number of aliphatic hydroxyl groups is 1. The summed E-state index contributed by atoms with van der Waals surface area (Å²) in [6.07, 6.45) is 3.16. The summed E-state index contributed by atoms with van der Waals surface area (Å²) in [5.41, 5.74) is 5.55. The third-order valence-electron chi connectivity index (χ3n) is 6.89. The highest BCUT2D eigenvalue weighted by Gasteiger charge is 2.32. The third-order valence-corrected chi connectivity index (χ3v) is 6.89. The molecule has 2 aliphatic rings. The summed E-state index contributed by atoms with van der Waals surface area (Å²) in [7, 11) is 1.87. The van der Waals surface area contributed by atoms with Gasteiger partial charge in [0, 0.05) is 29.8 Å². The van der Waals surface area contributed by atoms with Crippen molar-refractivity contribution in [2.24, 2.45) is 7.05 Å². The number of nitriles is 1. The van der Waals surface area contributed by atoms with Crippen LogP contribution >= 0.6 is 0 Å². The van der Waals surface area contributed by atoms with Crippen LogP contribution in [0.1, 0.15) is 52.9 Å². The molecule has 1 aliphatic heterocycles. The monoisotopic (exact) mass is 506 g/mol. The van der Waals surface area contributed by atoms with E-state index in [-0.39, 0.29) is 12.5 Å². The van der Waals surface area contributed by atoms with Gasteiger partial charge in [0.05, 0.1) is 24.3 Å². The van der Waals surface area contributed by atoms with Crippen LogP contribution in [0, 0.1) is 11.3 Å². The zero-order chi connectivity index (χ0) is 26.4. The van der Waals surface area contributed by atoms with E-state index in [1.54, 1.807) is 30.3 Å². The van der Waals surface area contributed by atoms with E-state index in [1.807, 2.05) is 41.9 Å².